The molecule has 5 heteroatoms. The summed E-state index contributed by atoms with van der Waals surface area (Å²) in [6.45, 7) is 0. The number of pyridine rings is 1. The maximum Gasteiger partial charge on any atom is 0.119 e. The number of halogens is 1. The van der Waals surface area contributed by atoms with Crippen LogP contribution in [0.15, 0.2) is 59.8 Å². The zero-order valence-corrected chi connectivity index (χ0v) is 12.7. The van der Waals surface area contributed by atoms with Crippen molar-refractivity contribution in [1.29, 1.82) is 0 Å². The van der Waals surface area contributed by atoms with Gasteiger partial charge in [0, 0.05) is 16.6 Å². The topological polar surface area (TPSA) is 46.5 Å². The number of rotatable bonds is 4. The summed E-state index contributed by atoms with van der Waals surface area (Å²) >= 11 is 5.98. The number of aromatic nitrogens is 1. The van der Waals surface area contributed by atoms with Crippen LogP contribution < -0.4 is 10.2 Å². The van der Waals surface area contributed by atoms with Crippen LogP contribution in [-0.4, -0.2) is 18.3 Å². The highest BCUT2D eigenvalue weighted by atomic mass is 35.5. The first kappa shape index (κ1) is 14.4. The van der Waals surface area contributed by atoms with E-state index in [1.807, 2.05) is 48.5 Å². The zero-order valence-electron chi connectivity index (χ0n) is 12.0. The second-order valence-corrected chi connectivity index (χ2v) is 5.10. The molecule has 22 heavy (non-hydrogen) atoms. The summed E-state index contributed by atoms with van der Waals surface area (Å²) in [6.07, 6.45) is 3.47. The van der Waals surface area contributed by atoms with Crippen molar-refractivity contribution in [1.82, 2.24) is 4.98 Å². The minimum absolute atomic E-state index is 0.664. The summed E-state index contributed by atoms with van der Waals surface area (Å²) in [7, 11) is 1.64. The van der Waals surface area contributed by atoms with E-state index in [0.717, 1.165) is 27.9 Å². The Balaban J connectivity index is 1.83. The fourth-order valence-corrected chi connectivity index (χ4v) is 2.28. The van der Waals surface area contributed by atoms with Crippen molar-refractivity contribution in [3.63, 3.8) is 0 Å². The summed E-state index contributed by atoms with van der Waals surface area (Å²) in [5.74, 6) is 0.799. The lowest BCUT2D eigenvalue weighted by Gasteiger charge is -2.05. The lowest BCUT2D eigenvalue weighted by molar-refractivity contribution is 0.415. The third-order valence-electron chi connectivity index (χ3n) is 3.20. The Bertz CT molecular complexity index is 833. The average Bonchev–Trinajstić information content (AvgIpc) is 2.55. The highest BCUT2D eigenvalue weighted by molar-refractivity contribution is 6.31. The molecule has 0 unspecified atom stereocenters. The van der Waals surface area contributed by atoms with Gasteiger partial charge >= 0.3 is 0 Å². The van der Waals surface area contributed by atoms with Crippen molar-refractivity contribution < 1.29 is 4.74 Å². The van der Waals surface area contributed by atoms with Crippen LogP contribution in [0.2, 0.25) is 5.02 Å². The quantitative estimate of drug-likeness (QED) is 0.576. The Kier molecular flexibility index (Phi) is 4.21. The van der Waals surface area contributed by atoms with E-state index in [4.69, 9.17) is 16.3 Å². The minimum atomic E-state index is 0.664. The molecule has 1 N–H and O–H groups in total. The first-order chi connectivity index (χ1) is 10.8. The summed E-state index contributed by atoms with van der Waals surface area (Å²) in [5.41, 5.74) is 5.69. The number of fused-ring (bicyclic) bond motifs is 1. The van der Waals surface area contributed by atoms with Crippen LogP contribution >= 0.6 is 11.6 Å². The Labute approximate surface area is 133 Å². The van der Waals surface area contributed by atoms with Gasteiger partial charge in [-0.15, -0.1) is 0 Å². The number of benzene rings is 2. The van der Waals surface area contributed by atoms with Crippen molar-refractivity contribution in [2.45, 2.75) is 0 Å². The molecule has 0 saturated heterocycles. The lowest BCUT2D eigenvalue weighted by Crippen LogP contribution is -1.93. The molecular weight excluding hydrogens is 298 g/mol. The van der Waals surface area contributed by atoms with E-state index in [0.29, 0.717) is 5.02 Å². The molecule has 0 fully saturated rings. The standard InChI is InChI=1S/C17H14ClN3O/c1-22-14-4-2-3-12(9-14)11-20-21-16-7-8-19-17-10-13(18)5-6-15(16)17/h2-11H,1H3,(H,19,21)/b20-11-. The van der Waals surface area contributed by atoms with Crippen molar-refractivity contribution in [3.8, 4) is 5.75 Å². The van der Waals surface area contributed by atoms with Crippen LogP contribution in [0.5, 0.6) is 5.75 Å². The van der Waals surface area contributed by atoms with Gasteiger partial charge in [0.1, 0.15) is 5.75 Å². The number of ether oxygens (including phenoxy) is 1. The Morgan fingerprint density at radius 2 is 2.09 bits per heavy atom. The number of hydrogen-bond donors (Lipinski definition) is 1. The highest BCUT2D eigenvalue weighted by Gasteiger charge is 2.01. The van der Waals surface area contributed by atoms with E-state index >= 15 is 0 Å². The minimum Gasteiger partial charge on any atom is -0.497 e. The third-order valence-corrected chi connectivity index (χ3v) is 3.43. The molecule has 2 aromatic carbocycles. The lowest BCUT2D eigenvalue weighted by atomic mass is 10.2. The van der Waals surface area contributed by atoms with Gasteiger partial charge in [0.2, 0.25) is 0 Å². The number of hydrazone groups is 1. The number of hydrogen-bond acceptors (Lipinski definition) is 4. The predicted octanol–water partition coefficient (Wildman–Crippen LogP) is 4.34. The molecule has 1 aromatic heterocycles. The number of nitrogens with one attached hydrogen (secondary N) is 1. The van der Waals surface area contributed by atoms with Crippen LogP contribution in [0, 0.1) is 0 Å². The molecule has 0 aliphatic rings. The van der Waals surface area contributed by atoms with Gasteiger partial charge in [0.15, 0.2) is 0 Å². The second kappa shape index (κ2) is 6.45. The molecule has 0 atom stereocenters. The summed E-state index contributed by atoms with van der Waals surface area (Å²) in [6, 6.07) is 15.1. The van der Waals surface area contributed by atoms with Crippen molar-refractivity contribution in [3.05, 3.63) is 65.3 Å². The summed E-state index contributed by atoms with van der Waals surface area (Å²) < 4.78 is 5.19. The molecule has 3 aromatic rings. The zero-order chi connectivity index (χ0) is 15.4. The number of nitrogens with zero attached hydrogens (tertiary/aromatic N) is 2. The SMILES string of the molecule is COc1cccc(/C=N\Nc2ccnc3cc(Cl)ccc23)c1. The monoisotopic (exact) mass is 311 g/mol. The van der Waals surface area contributed by atoms with E-state index in [-0.39, 0.29) is 0 Å². The van der Waals surface area contributed by atoms with Gasteiger partial charge < -0.3 is 4.74 Å². The van der Waals surface area contributed by atoms with Gasteiger partial charge in [-0.25, -0.2) is 0 Å². The normalized spacial score (nSPS) is 11.0. The van der Waals surface area contributed by atoms with Gasteiger partial charge in [-0.05, 0) is 42.0 Å². The predicted molar refractivity (Wildman–Crippen MR) is 91.0 cm³/mol. The molecule has 1 heterocycles. The number of anilines is 1. The molecular formula is C17H14ClN3O. The van der Waals surface area contributed by atoms with Gasteiger partial charge in [-0.1, -0.05) is 23.7 Å². The van der Waals surface area contributed by atoms with Crippen molar-refractivity contribution in [2.24, 2.45) is 5.10 Å². The van der Waals surface area contributed by atoms with Crippen LogP contribution in [0.25, 0.3) is 10.9 Å². The van der Waals surface area contributed by atoms with Gasteiger partial charge in [-0.3, -0.25) is 10.4 Å². The van der Waals surface area contributed by atoms with Crippen LogP contribution in [0.1, 0.15) is 5.56 Å². The first-order valence-corrected chi connectivity index (χ1v) is 7.11. The van der Waals surface area contributed by atoms with E-state index in [9.17, 15) is 0 Å². The second-order valence-electron chi connectivity index (χ2n) is 4.67. The molecule has 0 saturated carbocycles. The fourth-order valence-electron chi connectivity index (χ4n) is 2.12. The van der Waals surface area contributed by atoms with Crippen LogP contribution in [0.4, 0.5) is 5.69 Å². The Hall–Kier alpha value is -2.59. The molecule has 4 nitrogen and oxygen atoms in total. The molecule has 3 rings (SSSR count). The van der Waals surface area contributed by atoms with Crippen LogP contribution in [0.3, 0.4) is 0 Å². The van der Waals surface area contributed by atoms with Crippen molar-refractivity contribution >= 4 is 34.4 Å². The average molecular weight is 312 g/mol. The molecule has 0 aliphatic heterocycles. The van der Waals surface area contributed by atoms with Crippen molar-refractivity contribution in [2.75, 3.05) is 12.5 Å². The molecule has 110 valence electrons. The Morgan fingerprint density at radius 3 is 2.95 bits per heavy atom. The van der Waals surface area contributed by atoms with E-state index in [2.05, 4.69) is 15.5 Å². The largest absolute Gasteiger partial charge is 0.497 e. The number of methoxy groups -OCH3 is 1. The fraction of sp³-hybridized carbons (Fsp3) is 0.0588. The van der Waals surface area contributed by atoms with Gasteiger partial charge in [0.05, 0.1) is 24.5 Å². The summed E-state index contributed by atoms with van der Waals surface area (Å²) in [5, 5.41) is 5.90. The smallest absolute Gasteiger partial charge is 0.119 e. The van der Waals surface area contributed by atoms with E-state index in [1.165, 1.54) is 0 Å². The highest BCUT2D eigenvalue weighted by Crippen LogP contribution is 2.24. The Morgan fingerprint density at radius 1 is 1.18 bits per heavy atom. The van der Waals surface area contributed by atoms with Crippen LogP contribution in [-0.2, 0) is 0 Å². The molecule has 0 amide bonds. The summed E-state index contributed by atoms with van der Waals surface area (Å²) in [4.78, 5) is 4.30. The third kappa shape index (κ3) is 3.18. The maximum absolute atomic E-state index is 5.98. The van der Waals surface area contributed by atoms with E-state index < -0.39 is 0 Å². The van der Waals surface area contributed by atoms with Gasteiger partial charge in [-0.2, -0.15) is 5.10 Å². The molecule has 0 spiro atoms. The molecule has 0 bridgehead atoms. The molecule has 0 radical (unpaired) electrons. The van der Waals surface area contributed by atoms with Gasteiger partial charge in [0.25, 0.3) is 0 Å². The molecule has 0 aliphatic carbocycles. The maximum atomic E-state index is 5.98. The first-order valence-electron chi connectivity index (χ1n) is 6.74. The van der Waals surface area contributed by atoms with E-state index in [1.54, 1.807) is 19.5 Å².